The Bertz CT molecular complexity index is 395. The van der Waals surface area contributed by atoms with E-state index in [-0.39, 0.29) is 6.10 Å². The fraction of sp³-hybridized carbons (Fsp3) is 0.538. The van der Waals surface area contributed by atoms with Gasteiger partial charge in [0.25, 0.3) is 0 Å². The summed E-state index contributed by atoms with van der Waals surface area (Å²) in [6.07, 6.45) is 1.23. The van der Waals surface area contributed by atoms with Gasteiger partial charge in [-0.1, -0.05) is 6.07 Å². The van der Waals surface area contributed by atoms with Gasteiger partial charge in [-0.25, -0.2) is 0 Å². The van der Waals surface area contributed by atoms with Crippen molar-refractivity contribution in [1.82, 2.24) is 0 Å². The lowest BCUT2D eigenvalue weighted by molar-refractivity contribution is 0.154. The molecule has 2 N–H and O–H groups in total. The van der Waals surface area contributed by atoms with Gasteiger partial charge in [0.15, 0.2) is 0 Å². The molecule has 94 valence electrons. The highest BCUT2D eigenvalue weighted by molar-refractivity contribution is 9.10. The second-order valence-corrected chi connectivity index (χ2v) is 5.48. The highest BCUT2D eigenvalue weighted by atomic mass is 79.9. The van der Waals surface area contributed by atoms with Crippen LogP contribution in [0.1, 0.15) is 31.4 Å². The predicted molar refractivity (Wildman–Crippen MR) is 72.2 cm³/mol. The number of nitrogens with zero attached hydrogens (tertiary/aromatic N) is 1. The Hall–Kier alpha value is -0.580. The van der Waals surface area contributed by atoms with E-state index in [0.29, 0.717) is 6.54 Å². The molecule has 17 heavy (non-hydrogen) atoms. The first-order chi connectivity index (χ1) is 8.08. The number of benzene rings is 1. The van der Waals surface area contributed by atoms with Crippen LogP contribution in [0, 0.1) is 0 Å². The molecule has 1 aromatic carbocycles. The molecule has 1 aliphatic rings. The van der Waals surface area contributed by atoms with E-state index in [9.17, 15) is 10.2 Å². The summed E-state index contributed by atoms with van der Waals surface area (Å²) in [5, 5.41) is 19.2. The Balaban J connectivity index is 2.21. The fourth-order valence-electron chi connectivity index (χ4n) is 2.21. The summed E-state index contributed by atoms with van der Waals surface area (Å²) in [6.45, 7) is 3.42. The first-order valence-electron chi connectivity index (χ1n) is 5.98. The van der Waals surface area contributed by atoms with E-state index >= 15 is 0 Å². The molecule has 0 radical (unpaired) electrons. The molecule has 0 aliphatic carbocycles. The molecule has 4 heteroatoms. The third-order valence-electron chi connectivity index (χ3n) is 3.19. The van der Waals surface area contributed by atoms with Crippen LogP contribution in [0.5, 0.6) is 0 Å². The number of halogens is 1. The maximum Gasteiger partial charge on any atom is 0.0762 e. The Morgan fingerprint density at radius 1 is 1.47 bits per heavy atom. The number of β-amino-alcohol motifs (C(OH)–C–C–N with tert-alkyl or cyclic N) is 1. The summed E-state index contributed by atoms with van der Waals surface area (Å²) in [7, 11) is 0. The number of aliphatic hydroxyl groups is 2. The Morgan fingerprint density at radius 2 is 2.24 bits per heavy atom. The summed E-state index contributed by atoms with van der Waals surface area (Å²) >= 11 is 3.54. The summed E-state index contributed by atoms with van der Waals surface area (Å²) in [4.78, 5) is 2.18. The van der Waals surface area contributed by atoms with Gasteiger partial charge in [-0.2, -0.15) is 0 Å². The lowest BCUT2D eigenvalue weighted by Crippen LogP contribution is -2.38. The molecule has 1 fully saturated rings. The standard InChI is InChI=1S/C13H18BrNO2/c1-9(16)10-4-5-13(12(14)7-10)15-6-2-3-11(17)8-15/h4-5,7,9,11,16-17H,2-3,6,8H2,1H3/t9-,11?/m1/s1. The van der Waals surface area contributed by atoms with Gasteiger partial charge in [0.1, 0.15) is 0 Å². The molecule has 0 saturated carbocycles. The van der Waals surface area contributed by atoms with Gasteiger partial charge in [0.05, 0.1) is 17.9 Å². The van der Waals surface area contributed by atoms with Crippen LogP contribution in [-0.2, 0) is 0 Å². The average molecular weight is 300 g/mol. The SMILES string of the molecule is C[C@@H](O)c1ccc(N2CCCC(O)C2)c(Br)c1. The van der Waals surface area contributed by atoms with Crippen LogP contribution < -0.4 is 4.90 Å². The zero-order valence-corrected chi connectivity index (χ0v) is 11.5. The fourth-order valence-corrected chi connectivity index (χ4v) is 2.86. The van der Waals surface area contributed by atoms with E-state index in [1.54, 1.807) is 6.92 Å². The van der Waals surface area contributed by atoms with Gasteiger partial charge >= 0.3 is 0 Å². The molecule has 0 amide bonds. The monoisotopic (exact) mass is 299 g/mol. The minimum absolute atomic E-state index is 0.230. The maximum absolute atomic E-state index is 9.68. The van der Waals surface area contributed by atoms with Crippen molar-refractivity contribution in [3.63, 3.8) is 0 Å². The third-order valence-corrected chi connectivity index (χ3v) is 3.83. The smallest absolute Gasteiger partial charge is 0.0762 e. The topological polar surface area (TPSA) is 43.7 Å². The van der Waals surface area contributed by atoms with Gasteiger partial charge in [-0.3, -0.25) is 0 Å². The normalized spacial score (nSPS) is 22.6. The second kappa shape index (κ2) is 5.38. The number of hydrogen-bond donors (Lipinski definition) is 2. The van der Waals surface area contributed by atoms with E-state index in [1.165, 1.54) is 0 Å². The lowest BCUT2D eigenvalue weighted by atomic mass is 10.1. The van der Waals surface area contributed by atoms with E-state index in [4.69, 9.17) is 0 Å². The Kier molecular flexibility index (Phi) is 4.07. The van der Waals surface area contributed by atoms with Crippen molar-refractivity contribution in [2.75, 3.05) is 18.0 Å². The van der Waals surface area contributed by atoms with Crippen LogP contribution in [0.2, 0.25) is 0 Å². The highest BCUT2D eigenvalue weighted by Gasteiger charge is 2.19. The van der Waals surface area contributed by atoms with Crippen molar-refractivity contribution in [2.45, 2.75) is 32.0 Å². The summed E-state index contributed by atoms with van der Waals surface area (Å²) < 4.78 is 0.977. The van der Waals surface area contributed by atoms with Crippen LogP contribution in [0.15, 0.2) is 22.7 Å². The van der Waals surface area contributed by atoms with Gasteiger partial charge in [0.2, 0.25) is 0 Å². The Morgan fingerprint density at radius 3 is 2.82 bits per heavy atom. The molecule has 0 aromatic heterocycles. The quantitative estimate of drug-likeness (QED) is 0.882. The van der Waals surface area contributed by atoms with Crippen molar-refractivity contribution in [3.05, 3.63) is 28.2 Å². The van der Waals surface area contributed by atoms with Crippen molar-refractivity contribution < 1.29 is 10.2 Å². The molecule has 1 aromatic rings. The summed E-state index contributed by atoms with van der Waals surface area (Å²) in [5.74, 6) is 0. The number of aliphatic hydroxyl groups excluding tert-OH is 2. The van der Waals surface area contributed by atoms with Crippen LogP contribution in [0.25, 0.3) is 0 Å². The van der Waals surface area contributed by atoms with E-state index in [0.717, 1.165) is 35.1 Å². The van der Waals surface area contributed by atoms with Crippen LogP contribution in [-0.4, -0.2) is 29.4 Å². The molecule has 0 spiro atoms. The van der Waals surface area contributed by atoms with E-state index in [2.05, 4.69) is 20.8 Å². The number of anilines is 1. The lowest BCUT2D eigenvalue weighted by Gasteiger charge is -2.32. The first kappa shape index (κ1) is 12.9. The van der Waals surface area contributed by atoms with Crippen molar-refractivity contribution in [1.29, 1.82) is 0 Å². The first-order valence-corrected chi connectivity index (χ1v) is 6.77. The second-order valence-electron chi connectivity index (χ2n) is 4.63. The van der Waals surface area contributed by atoms with Crippen molar-refractivity contribution in [3.8, 4) is 0 Å². The minimum atomic E-state index is -0.452. The van der Waals surface area contributed by atoms with Crippen molar-refractivity contribution in [2.24, 2.45) is 0 Å². The highest BCUT2D eigenvalue weighted by Crippen LogP contribution is 2.31. The molecule has 3 nitrogen and oxygen atoms in total. The number of piperidine rings is 1. The summed E-state index contributed by atoms with van der Waals surface area (Å²) in [5.41, 5.74) is 1.99. The molecule has 2 atom stereocenters. The molecular formula is C13H18BrNO2. The molecule has 0 bridgehead atoms. The van der Waals surface area contributed by atoms with Gasteiger partial charge in [0, 0.05) is 17.6 Å². The maximum atomic E-state index is 9.68. The van der Waals surface area contributed by atoms with Crippen LogP contribution >= 0.6 is 15.9 Å². The minimum Gasteiger partial charge on any atom is -0.391 e. The van der Waals surface area contributed by atoms with E-state index < -0.39 is 6.10 Å². The summed E-state index contributed by atoms with van der Waals surface area (Å²) in [6, 6.07) is 5.89. The molecule has 1 aliphatic heterocycles. The zero-order chi connectivity index (χ0) is 12.4. The van der Waals surface area contributed by atoms with Crippen LogP contribution in [0.4, 0.5) is 5.69 Å². The molecule has 1 saturated heterocycles. The Labute approximate surface area is 110 Å². The third kappa shape index (κ3) is 3.00. The average Bonchev–Trinajstić information content (AvgIpc) is 2.28. The molecular weight excluding hydrogens is 282 g/mol. The number of hydrogen-bond acceptors (Lipinski definition) is 3. The number of rotatable bonds is 2. The zero-order valence-electron chi connectivity index (χ0n) is 9.93. The largest absolute Gasteiger partial charge is 0.391 e. The van der Waals surface area contributed by atoms with Gasteiger partial charge in [-0.15, -0.1) is 0 Å². The molecule has 2 rings (SSSR count). The van der Waals surface area contributed by atoms with Gasteiger partial charge in [-0.05, 0) is 53.4 Å². The van der Waals surface area contributed by atoms with Gasteiger partial charge < -0.3 is 15.1 Å². The van der Waals surface area contributed by atoms with E-state index in [1.807, 2.05) is 18.2 Å². The molecule has 1 unspecified atom stereocenters. The predicted octanol–water partition coefficient (Wildman–Crippen LogP) is 2.46. The molecule has 1 heterocycles. The van der Waals surface area contributed by atoms with Crippen molar-refractivity contribution >= 4 is 21.6 Å². The van der Waals surface area contributed by atoms with Crippen LogP contribution in [0.3, 0.4) is 0 Å².